The van der Waals surface area contributed by atoms with Crippen LogP contribution in [0.1, 0.15) is 33.4 Å². The molecular weight excluding hydrogens is 310 g/mol. The van der Waals surface area contributed by atoms with E-state index in [1.54, 1.807) is 12.3 Å². The molecule has 2 atom stereocenters. The second-order valence-corrected chi connectivity index (χ2v) is 12.4. The summed E-state index contributed by atoms with van der Waals surface area (Å²) in [6, 6.07) is 1.59. The number of hydrogen-bond donors (Lipinski definition) is 1. The van der Waals surface area contributed by atoms with Gasteiger partial charge in [-0.25, -0.2) is 4.79 Å². The normalized spacial score (nSPS) is 22.6. The highest BCUT2D eigenvalue weighted by atomic mass is 28.4. The van der Waals surface area contributed by atoms with Gasteiger partial charge in [0.1, 0.15) is 18.1 Å². The summed E-state index contributed by atoms with van der Waals surface area (Å²) >= 11 is 0. The Kier molecular flexibility index (Phi) is 4.84. The third-order valence-electron chi connectivity index (χ3n) is 4.78. The molecule has 1 fully saturated rings. The molecule has 1 saturated heterocycles. The molecule has 6 nitrogen and oxygen atoms in total. The zero-order valence-electron chi connectivity index (χ0n) is 14.6. The molecular formula is C16H27N3O3Si. The minimum Gasteiger partial charge on any atom is -0.414 e. The van der Waals surface area contributed by atoms with Gasteiger partial charge in [-0.2, -0.15) is 4.98 Å². The van der Waals surface area contributed by atoms with E-state index in [1.807, 2.05) is 0 Å². The summed E-state index contributed by atoms with van der Waals surface area (Å²) in [6.07, 6.45) is 1.60. The van der Waals surface area contributed by atoms with Crippen LogP contribution in [-0.4, -0.2) is 30.6 Å². The fraction of sp³-hybridized carbons (Fsp3) is 0.625. The smallest absolute Gasteiger partial charge is 0.351 e. The summed E-state index contributed by atoms with van der Waals surface area (Å²) in [5, 5.41) is 0.143. The first-order valence-corrected chi connectivity index (χ1v) is 10.7. The maximum absolute atomic E-state index is 11.9. The maximum Gasteiger partial charge on any atom is 0.351 e. The number of nitrogen functional groups attached to an aromatic ring is 1. The number of nitrogens with zero attached hydrogens (tertiary/aromatic N) is 2. The van der Waals surface area contributed by atoms with Crippen molar-refractivity contribution >= 4 is 14.1 Å². The molecule has 0 bridgehead atoms. The molecule has 2 rings (SSSR count). The molecule has 0 spiro atoms. The van der Waals surface area contributed by atoms with E-state index in [9.17, 15) is 4.79 Å². The van der Waals surface area contributed by atoms with Crippen LogP contribution in [0.5, 0.6) is 0 Å². The number of rotatable bonds is 4. The van der Waals surface area contributed by atoms with Gasteiger partial charge in [0.2, 0.25) is 0 Å². The molecule has 1 aromatic heterocycles. The van der Waals surface area contributed by atoms with Crippen molar-refractivity contribution in [1.29, 1.82) is 0 Å². The van der Waals surface area contributed by atoms with E-state index < -0.39 is 20.2 Å². The van der Waals surface area contributed by atoms with Gasteiger partial charge in [-0.1, -0.05) is 27.4 Å². The van der Waals surface area contributed by atoms with E-state index in [0.29, 0.717) is 13.0 Å². The fourth-order valence-corrected chi connectivity index (χ4v) is 3.16. The van der Waals surface area contributed by atoms with Crippen molar-refractivity contribution in [1.82, 2.24) is 9.55 Å². The van der Waals surface area contributed by atoms with Crippen molar-refractivity contribution in [2.75, 3.05) is 12.3 Å². The Bertz CT molecular complexity index is 649. The van der Waals surface area contributed by atoms with Crippen LogP contribution in [0.25, 0.3) is 0 Å². The van der Waals surface area contributed by atoms with Gasteiger partial charge in [-0.3, -0.25) is 4.57 Å². The van der Waals surface area contributed by atoms with E-state index in [4.69, 9.17) is 14.9 Å². The minimum atomic E-state index is -1.84. The quantitative estimate of drug-likeness (QED) is 0.675. The first-order chi connectivity index (χ1) is 10.5. The molecule has 7 heteroatoms. The van der Waals surface area contributed by atoms with Crippen molar-refractivity contribution in [2.45, 2.75) is 57.7 Å². The Hall–Kier alpha value is -1.44. The first-order valence-electron chi connectivity index (χ1n) is 7.83. The summed E-state index contributed by atoms with van der Waals surface area (Å²) < 4.78 is 13.6. The monoisotopic (exact) mass is 337 g/mol. The topological polar surface area (TPSA) is 79.4 Å². The lowest BCUT2D eigenvalue weighted by Crippen LogP contribution is -2.42. The van der Waals surface area contributed by atoms with Crippen LogP contribution in [0, 0.1) is 0 Å². The predicted molar refractivity (Wildman–Crippen MR) is 93.7 cm³/mol. The average Bonchev–Trinajstić information content (AvgIpc) is 2.76. The number of nitrogens with two attached hydrogens (primary N) is 1. The Labute approximate surface area is 138 Å². The highest BCUT2D eigenvalue weighted by Gasteiger charge is 2.39. The van der Waals surface area contributed by atoms with E-state index >= 15 is 0 Å². The summed E-state index contributed by atoms with van der Waals surface area (Å²) in [5.41, 5.74) is 6.05. The molecule has 23 heavy (non-hydrogen) atoms. The molecule has 1 aliphatic heterocycles. The molecule has 0 radical (unpaired) electrons. The van der Waals surface area contributed by atoms with E-state index in [2.05, 4.69) is 45.4 Å². The van der Waals surface area contributed by atoms with Crippen molar-refractivity contribution in [3.63, 3.8) is 0 Å². The molecule has 2 heterocycles. The second-order valence-electron chi connectivity index (χ2n) is 7.56. The van der Waals surface area contributed by atoms with Gasteiger partial charge >= 0.3 is 5.69 Å². The predicted octanol–water partition coefficient (Wildman–Crippen LogP) is 2.69. The second kappa shape index (κ2) is 6.22. The summed E-state index contributed by atoms with van der Waals surface area (Å²) in [4.78, 5) is 15.7. The zero-order valence-corrected chi connectivity index (χ0v) is 15.6. The van der Waals surface area contributed by atoms with Crippen molar-refractivity contribution in [3.05, 3.63) is 34.9 Å². The average molecular weight is 337 g/mol. The minimum absolute atomic E-state index is 0.143. The standard InChI is InChI=1S/C16H27N3O3Si/c1-11-9-14(19-8-7-13(17)18-15(19)20)22-12(11)10-21-23(5,6)16(2,3)4/h7-8,12,14H,1,9-10H2,2-6H3,(H2,17,18,20)/t12-,14-/m0/s1. The van der Waals surface area contributed by atoms with E-state index in [-0.39, 0.29) is 17.0 Å². The van der Waals surface area contributed by atoms with Gasteiger partial charge in [0.15, 0.2) is 8.32 Å². The lowest BCUT2D eigenvalue weighted by molar-refractivity contribution is -0.0164. The highest BCUT2D eigenvalue weighted by molar-refractivity contribution is 6.74. The third kappa shape index (κ3) is 3.91. The zero-order chi connectivity index (χ0) is 17.4. The molecule has 0 saturated carbocycles. The van der Waals surface area contributed by atoms with Crippen molar-refractivity contribution in [3.8, 4) is 0 Å². The maximum atomic E-state index is 11.9. The van der Waals surface area contributed by atoms with Crippen LogP contribution in [0.2, 0.25) is 18.1 Å². The SMILES string of the molecule is C=C1C[C@@H](n2ccc(N)nc2=O)O[C@H]1CO[Si](C)(C)C(C)(C)C. The molecule has 2 N–H and O–H groups in total. The first kappa shape index (κ1) is 17.9. The molecule has 128 valence electrons. The van der Waals surface area contributed by atoms with Gasteiger partial charge in [0.25, 0.3) is 0 Å². The summed E-state index contributed by atoms with van der Waals surface area (Å²) in [5.74, 6) is 0.209. The van der Waals surface area contributed by atoms with Crippen LogP contribution >= 0.6 is 0 Å². The summed E-state index contributed by atoms with van der Waals surface area (Å²) in [6.45, 7) is 15.6. The van der Waals surface area contributed by atoms with Gasteiger partial charge in [0.05, 0.1) is 6.61 Å². The molecule has 0 amide bonds. The number of ether oxygens (including phenoxy) is 1. The Balaban J connectivity index is 2.05. The fourth-order valence-electron chi connectivity index (χ4n) is 2.16. The molecule has 0 aliphatic carbocycles. The number of aromatic nitrogens is 2. The van der Waals surface area contributed by atoms with Crippen LogP contribution in [0.15, 0.2) is 29.2 Å². The van der Waals surface area contributed by atoms with Crippen molar-refractivity contribution < 1.29 is 9.16 Å². The third-order valence-corrected chi connectivity index (χ3v) is 9.28. The highest BCUT2D eigenvalue weighted by Crippen LogP contribution is 2.38. The van der Waals surface area contributed by atoms with Gasteiger partial charge in [-0.15, -0.1) is 0 Å². The molecule has 1 aromatic rings. The van der Waals surface area contributed by atoms with Crippen LogP contribution in [0.4, 0.5) is 5.82 Å². The lowest BCUT2D eigenvalue weighted by Gasteiger charge is -2.36. The van der Waals surface area contributed by atoms with Gasteiger partial charge < -0.3 is 14.9 Å². The van der Waals surface area contributed by atoms with Crippen LogP contribution in [0.3, 0.4) is 0 Å². The molecule has 1 aliphatic rings. The lowest BCUT2D eigenvalue weighted by atomic mass is 10.1. The molecule has 0 unspecified atom stereocenters. The van der Waals surface area contributed by atoms with Crippen molar-refractivity contribution in [2.24, 2.45) is 0 Å². The van der Waals surface area contributed by atoms with Gasteiger partial charge in [0, 0.05) is 12.6 Å². The van der Waals surface area contributed by atoms with Crippen LogP contribution in [-0.2, 0) is 9.16 Å². The van der Waals surface area contributed by atoms with Crippen LogP contribution < -0.4 is 11.4 Å². The number of anilines is 1. The Morgan fingerprint density at radius 2 is 2.17 bits per heavy atom. The molecule has 0 aromatic carbocycles. The Morgan fingerprint density at radius 1 is 1.52 bits per heavy atom. The largest absolute Gasteiger partial charge is 0.414 e. The Morgan fingerprint density at radius 3 is 2.74 bits per heavy atom. The summed E-state index contributed by atoms with van der Waals surface area (Å²) in [7, 11) is -1.84. The van der Waals surface area contributed by atoms with Gasteiger partial charge in [-0.05, 0) is 29.8 Å². The number of hydrogen-bond acceptors (Lipinski definition) is 5. The van der Waals surface area contributed by atoms with E-state index in [1.165, 1.54) is 4.57 Å². The van der Waals surface area contributed by atoms with E-state index in [0.717, 1.165) is 5.57 Å².